The average molecular weight is 396 g/mol. The van der Waals surface area contributed by atoms with Gasteiger partial charge in [0.05, 0.1) is 4.90 Å². The molecule has 1 heterocycles. The first-order valence-corrected chi connectivity index (χ1v) is 10.4. The molecule has 144 valence electrons. The number of fused-ring (bicyclic) bond motifs is 1. The molecular formula is C20H20N4O3S. The molecule has 2 atom stereocenters. The average Bonchev–Trinajstić information content (AvgIpc) is 3.17. The minimum absolute atomic E-state index is 0.00202. The van der Waals surface area contributed by atoms with Gasteiger partial charge in [-0.1, -0.05) is 42.5 Å². The maximum absolute atomic E-state index is 12.6. The smallest absolute Gasteiger partial charge is 0.242 e. The minimum atomic E-state index is -3.75. The molecule has 4 rings (SSSR count). The number of rotatable bonds is 4. The van der Waals surface area contributed by atoms with Crippen LogP contribution in [0.15, 0.2) is 71.6 Å². The van der Waals surface area contributed by atoms with Crippen molar-refractivity contribution in [3.05, 3.63) is 72.3 Å². The van der Waals surface area contributed by atoms with Crippen LogP contribution < -0.4 is 21.3 Å². The van der Waals surface area contributed by atoms with Crippen molar-refractivity contribution < 1.29 is 13.2 Å². The summed E-state index contributed by atoms with van der Waals surface area (Å²) in [6.07, 6.45) is 0.592. The number of hydrogen-bond donors (Lipinski definition) is 4. The number of nitrogens with two attached hydrogens (primary N) is 1. The second kappa shape index (κ2) is 7.33. The molecule has 0 spiro atoms. The summed E-state index contributed by atoms with van der Waals surface area (Å²) in [6, 6.07) is 19.6. The van der Waals surface area contributed by atoms with Crippen molar-refractivity contribution in [3.8, 4) is 0 Å². The number of benzene rings is 3. The second-order valence-corrected chi connectivity index (χ2v) is 8.32. The van der Waals surface area contributed by atoms with E-state index in [1.54, 1.807) is 0 Å². The Morgan fingerprint density at radius 1 is 0.964 bits per heavy atom. The maximum atomic E-state index is 12.6. The molecule has 7 nitrogen and oxygen atoms in total. The number of primary sulfonamides is 1. The first-order valence-electron chi connectivity index (χ1n) is 8.84. The summed E-state index contributed by atoms with van der Waals surface area (Å²) in [4.78, 5) is 12.6. The third-order valence-corrected chi connectivity index (χ3v) is 5.80. The number of sulfonamides is 1. The third-order valence-electron chi connectivity index (χ3n) is 4.87. The van der Waals surface area contributed by atoms with E-state index in [1.165, 1.54) is 24.3 Å². The van der Waals surface area contributed by atoms with E-state index in [9.17, 15) is 13.2 Å². The van der Waals surface area contributed by atoms with Gasteiger partial charge in [0.15, 0.2) is 0 Å². The minimum Gasteiger partial charge on any atom is -0.325 e. The Labute approximate surface area is 163 Å². The van der Waals surface area contributed by atoms with Crippen LogP contribution in [-0.2, 0) is 14.8 Å². The summed E-state index contributed by atoms with van der Waals surface area (Å²) >= 11 is 0. The van der Waals surface area contributed by atoms with Crippen LogP contribution in [0.3, 0.4) is 0 Å². The highest BCUT2D eigenvalue weighted by Crippen LogP contribution is 2.29. The lowest BCUT2D eigenvalue weighted by atomic mass is 9.96. The molecule has 5 N–H and O–H groups in total. The number of hydrazine groups is 1. The Bertz CT molecular complexity index is 1120. The van der Waals surface area contributed by atoms with Gasteiger partial charge in [-0.3, -0.25) is 4.79 Å². The van der Waals surface area contributed by atoms with Crippen molar-refractivity contribution in [3.63, 3.8) is 0 Å². The fraction of sp³-hybridized carbons (Fsp3) is 0.150. The molecule has 0 aromatic heterocycles. The predicted molar refractivity (Wildman–Crippen MR) is 108 cm³/mol. The number of nitrogens with one attached hydrogen (secondary N) is 3. The Morgan fingerprint density at radius 3 is 2.43 bits per heavy atom. The number of amides is 1. The molecule has 0 aliphatic carbocycles. The van der Waals surface area contributed by atoms with E-state index in [-0.39, 0.29) is 16.8 Å². The number of anilines is 1. The number of hydrogen-bond acceptors (Lipinski definition) is 5. The van der Waals surface area contributed by atoms with Crippen molar-refractivity contribution in [2.45, 2.75) is 23.4 Å². The lowest BCUT2D eigenvalue weighted by Crippen LogP contribution is -2.39. The third kappa shape index (κ3) is 3.76. The molecule has 2 unspecified atom stereocenters. The maximum Gasteiger partial charge on any atom is 0.242 e. The highest BCUT2D eigenvalue weighted by atomic mass is 32.2. The zero-order chi connectivity index (χ0) is 19.7. The summed E-state index contributed by atoms with van der Waals surface area (Å²) in [6.45, 7) is 0. The summed E-state index contributed by atoms with van der Waals surface area (Å²) < 4.78 is 22.6. The van der Waals surface area contributed by atoms with Crippen LogP contribution in [0.2, 0.25) is 0 Å². The molecule has 8 heteroatoms. The van der Waals surface area contributed by atoms with E-state index in [2.05, 4.69) is 40.4 Å². The van der Waals surface area contributed by atoms with Crippen molar-refractivity contribution in [2.24, 2.45) is 5.14 Å². The van der Waals surface area contributed by atoms with Gasteiger partial charge in [-0.05, 0) is 47.0 Å². The monoisotopic (exact) mass is 396 g/mol. The predicted octanol–water partition coefficient (Wildman–Crippen LogP) is 2.03. The van der Waals surface area contributed by atoms with Crippen LogP contribution in [0, 0.1) is 0 Å². The summed E-state index contributed by atoms with van der Waals surface area (Å²) in [7, 11) is -3.75. The first kappa shape index (κ1) is 18.6. The fourth-order valence-electron chi connectivity index (χ4n) is 3.44. The Hall–Kier alpha value is -2.78. The molecule has 28 heavy (non-hydrogen) atoms. The van der Waals surface area contributed by atoms with Gasteiger partial charge < -0.3 is 5.32 Å². The van der Waals surface area contributed by atoms with E-state index < -0.39 is 16.1 Å². The van der Waals surface area contributed by atoms with Gasteiger partial charge in [0.25, 0.3) is 0 Å². The molecule has 1 aliphatic heterocycles. The zero-order valence-corrected chi connectivity index (χ0v) is 15.7. The molecule has 1 amide bonds. The van der Waals surface area contributed by atoms with Crippen molar-refractivity contribution in [1.82, 2.24) is 10.9 Å². The fourth-order valence-corrected chi connectivity index (χ4v) is 3.96. The van der Waals surface area contributed by atoms with Gasteiger partial charge in [-0.25, -0.2) is 24.4 Å². The summed E-state index contributed by atoms with van der Waals surface area (Å²) in [5.74, 6) is -0.196. The summed E-state index contributed by atoms with van der Waals surface area (Å²) in [5, 5.41) is 10.2. The van der Waals surface area contributed by atoms with E-state index in [1.807, 2.05) is 18.2 Å². The quantitative estimate of drug-likeness (QED) is 0.539. The van der Waals surface area contributed by atoms with Crippen LogP contribution >= 0.6 is 0 Å². The molecule has 1 fully saturated rings. The highest BCUT2D eigenvalue weighted by Gasteiger charge is 2.30. The van der Waals surface area contributed by atoms with E-state index >= 15 is 0 Å². The molecule has 1 aliphatic rings. The topological polar surface area (TPSA) is 113 Å². The van der Waals surface area contributed by atoms with Gasteiger partial charge in [0.2, 0.25) is 15.9 Å². The zero-order valence-electron chi connectivity index (χ0n) is 14.9. The Balaban J connectivity index is 1.46. The number of carbonyl (C=O) groups is 1. The molecular weight excluding hydrogens is 376 g/mol. The van der Waals surface area contributed by atoms with Crippen LogP contribution in [-0.4, -0.2) is 20.4 Å². The molecule has 3 aromatic carbocycles. The van der Waals surface area contributed by atoms with Crippen molar-refractivity contribution in [1.29, 1.82) is 0 Å². The van der Waals surface area contributed by atoms with Gasteiger partial charge in [0, 0.05) is 11.7 Å². The molecule has 0 saturated carbocycles. The standard InChI is InChI=1S/C20H20N4O3S/c21-28(26,27)15-10-8-14(9-11-15)22-20(25)19-12-18(23-24-19)17-7-3-5-13-4-1-2-6-16(13)17/h1-11,18-19,23-24H,12H2,(H,22,25)(H2,21,26,27). The first-order chi connectivity index (χ1) is 13.4. The van der Waals surface area contributed by atoms with Crippen LogP contribution in [0.4, 0.5) is 5.69 Å². The lowest BCUT2D eigenvalue weighted by Gasteiger charge is -2.13. The van der Waals surface area contributed by atoms with Gasteiger partial charge in [-0.2, -0.15) is 0 Å². The molecule has 0 radical (unpaired) electrons. The van der Waals surface area contributed by atoms with Crippen molar-refractivity contribution in [2.75, 3.05) is 5.32 Å². The largest absolute Gasteiger partial charge is 0.325 e. The lowest BCUT2D eigenvalue weighted by molar-refractivity contribution is -0.117. The SMILES string of the molecule is NS(=O)(=O)c1ccc(NC(=O)C2CC(c3cccc4ccccc34)NN2)cc1. The Morgan fingerprint density at radius 2 is 1.68 bits per heavy atom. The van der Waals surface area contributed by atoms with Crippen LogP contribution in [0.1, 0.15) is 18.0 Å². The molecule has 1 saturated heterocycles. The normalized spacial score (nSPS) is 19.6. The van der Waals surface area contributed by atoms with Crippen LogP contribution in [0.25, 0.3) is 10.8 Å². The number of carbonyl (C=O) groups excluding carboxylic acids is 1. The van der Waals surface area contributed by atoms with Gasteiger partial charge in [-0.15, -0.1) is 0 Å². The second-order valence-electron chi connectivity index (χ2n) is 6.76. The highest BCUT2D eigenvalue weighted by molar-refractivity contribution is 7.89. The summed E-state index contributed by atoms with van der Waals surface area (Å²) in [5.41, 5.74) is 7.90. The van der Waals surface area contributed by atoms with Gasteiger partial charge in [0.1, 0.15) is 6.04 Å². The van der Waals surface area contributed by atoms with E-state index in [0.29, 0.717) is 12.1 Å². The van der Waals surface area contributed by atoms with Crippen molar-refractivity contribution >= 4 is 32.4 Å². The van der Waals surface area contributed by atoms with E-state index in [0.717, 1.165) is 16.3 Å². The molecule has 0 bridgehead atoms. The van der Waals surface area contributed by atoms with Crippen LogP contribution in [0.5, 0.6) is 0 Å². The Kier molecular flexibility index (Phi) is 4.86. The molecule has 3 aromatic rings. The van der Waals surface area contributed by atoms with E-state index in [4.69, 9.17) is 5.14 Å². The van der Waals surface area contributed by atoms with Gasteiger partial charge >= 0.3 is 0 Å².